The summed E-state index contributed by atoms with van der Waals surface area (Å²) in [4.78, 5) is 24.0. The van der Waals surface area contributed by atoms with Gasteiger partial charge in [-0.3, -0.25) is 4.79 Å². The fourth-order valence-corrected chi connectivity index (χ4v) is 2.92. The Morgan fingerprint density at radius 3 is 2.60 bits per heavy atom. The molecular weight excluding hydrogens is 276 g/mol. The molecule has 2 rings (SSSR count). The van der Waals surface area contributed by atoms with Crippen molar-refractivity contribution < 1.29 is 14.3 Å². The number of nitrogen functional groups attached to an aromatic ring is 1. The molecule has 0 unspecified atom stereocenters. The molecule has 0 aliphatic heterocycles. The number of anilines is 2. The average Bonchev–Trinajstić information content (AvgIpc) is 3.00. The molecule has 20 heavy (non-hydrogen) atoms. The summed E-state index contributed by atoms with van der Waals surface area (Å²) in [7, 11) is 0. The highest BCUT2D eigenvalue weighted by Crippen LogP contribution is 2.46. The maximum Gasteiger partial charge on any atom is 0.343 e. The van der Waals surface area contributed by atoms with Crippen molar-refractivity contribution in [3.8, 4) is 0 Å². The molecule has 110 valence electrons. The maximum absolute atomic E-state index is 12.0. The van der Waals surface area contributed by atoms with Crippen LogP contribution in [0, 0.1) is 5.41 Å². The SMILES string of the molecule is CCOC(=O)c1c(NCC2(C)CC2)sc(C(C)=O)c1N. The van der Waals surface area contributed by atoms with Crippen molar-refractivity contribution in [1.29, 1.82) is 0 Å². The number of esters is 1. The van der Waals surface area contributed by atoms with Crippen LogP contribution in [0.15, 0.2) is 0 Å². The molecule has 1 fully saturated rings. The van der Waals surface area contributed by atoms with Crippen molar-refractivity contribution in [1.82, 2.24) is 0 Å². The number of ether oxygens (including phenoxy) is 1. The topological polar surface area (TPSA) is 81.4 Å². The Morgan fingerprint density at radius 2 is 2.10 bits per heavy atom. The predicted molar refractivity (Wildman–Crippen MR) is 80.5 cm³/mol. The number of nitrogens with one attached hydrogen (secondary N) is 1. The number of thiophene rings is 1. The molecule has 0 spiro atoms. The highest BCUT2D eigenvalue weighted by atomic mass is 32.1. The monoisotopic (exact) mass is 296 g/mol. The van der Waals surface area contributed by atoms with Gasteiger partial charge in [-0.1, -0.05) is 6.92 Å². The second-order valence-electron chi connectivity index (χ2n) is 5.49. The minimum absolute atomic E-state index is 0.135. The third-order valence-corrected chi connectivity index (χ3v) is 4.79. The normalized spacial score (nSPS) is 15.8. The largest absolute Gasteiger partial charge is 0.462 e. The van der Waals surface area contributed by atoms with Gasteiger partial charge in [-0.25, -0.2) is 4.79 Å². The zero-order valence-corrected chi connectivity index (χ0v) is 12.9. The number of hydrogen-bond acceptors (Lipinski definition) is 6. The minimum atomic E-state index is -0.475. The average molecular weight is 296 g/mol. The highest BCUT2D eigenvalue weighted by molar-refractivity contribution is 7.19. The Kier molecular flexibility index (Phi) is 4.04. The number of carbonyl (C=O) groups excluding carboxylic acids is 2. The van der Waals surface area contributed by atoms with E-state index in [-0.39, 0.29) is 18.1 Å². The first-order valence-corrected chi connectivity index (χ1v) is 7.54. The lowest BCUT2D eigenvalue weighted by Crippen LogP contribution is -2.14. The Balaban J connectivity index is 2.29. The van der Waals surface area contributed by atoms with Gasteiger partial charge in [0.1, 0.15) is 10.6 Å². The standard InChI is InChI=1S/C14H20N2O3S/c1-4-19-13(18)9-10(15)11(8(2)17)20-12(9)16-7-14(3)5-6-14/h16H,4-7,15H2,1-3H3. The van der Waals surface area contributed by atoms with Crippen LogP contribution in [-0.4, -0.2) is 24.9 Å². The van der Waals surface area contributed by atoms with Crippen LogP contribution in [0.4, 0.5) is 10.7 Å². The van der Waals surface area contributed by atoms with E-state index in [4.69, 9.17) is 10.5 Å². The molecule has 0 atom stereocenters. The van der Waals surface area contributed by atoms with Gasteiger partial charge in [0.15, 0.2) is 5.78 Å². The first kappa shape index (κ1) is 14.8. The number of hydrogen-bond donors (Lipinski definition) is 2. The summed E-state index contributed by atoms with van der Waals surface area (Å²) in [5.41, 5.74) is 6.76. The molecule has 0 aromatic carbocycles. The molecular formula is C14H20N2O3S. The van der Waals surface area contributed by atoms with Crippen LogP contribution in [0.3, 0.4) is 0 Å². The molecule has 0 saturated heterocycles. The highest BCUT2D eigenvalue weighted by Gasteiger charge is 2.37. The van der Waals surface area contributed by atoms with Gasteiger partial charge in [0.25, 0.3) is 0 Å². The molecule has 0 radical (unpaired) electrons. The fourth-order valence-electron chi connectivity index (χ4n) is 1.92. The van der Waals surface area contributed by atoms with Crippen molar-refractivity contribution in [2.75, 3.05) is 24.2 Å². The van der Waals surface area contributed by atoms with E-state index in [1.807, 2.05) is 0 Å². The van der Waals surface area contributed by atoms with E-state index in [0.717, 1.165) is 6.54 Å². The fraction of sp³-hybridized carbons (Fsp3) is 0.571. The van der Waals surface area contributed by atoms with Crippen molar-refractivity contribution in [2.24, 2.45) is 5.41 Å². The second kappa shape index (κ2) is 5.44. The Morgan fingerprint density at radius 1 is 1.45 bits per heavy atom. The summed E-state index contributed by atoms with van der Waals surface area (Å²) in [6.07, 6.45) is 2.35. The van der Waals surface area contributed by atoms with Gasteiger partial charge in [0.05, 0.1) is 17.2 Å². The van der Waals surface area contributed by atoms with Crippen LogP contribution >= 0.6 is 11.3 Å². The third-order valence-electron chi connectivity index (χ3n) is 3.52. The molecule has 0 bridgehead atoms. The molecule has 1 aliphatic carbocycles. The van der Waals surface area contributed by atoms with Crippen LogP contribution in [0.25, 0.3) is 0 Å². The second-order valence-corrected chi connectivity index (χ2v) is 6.51. The molecule has 0 amide bonds. The van der Waals surface area contributed by atoms with E-state index in [1.54, 1.807) is 6.92 Å². The van der Waals surface area contributed by atoms with Crippen molar-refractivity contribution in [3.05, 3.63) is 10.4 Å². The predicted octanol–water partition coefficient (Wildman–Crippen LogP) is 2.92. The Hall–Kier alpha value is -1.56. The first-order chi connectivity index (χ1) is 9.38. The van der Waals surface area contributed by atoms with Crippen molar-refractivity contribution >= 4 is 33.8 Å². The van der Waals surface area contributed by atoms with E-state index in [9.17, 15) is 9.59 Å². The zero-order valence-electron chi connectivity index (χ0n) is 12.0. The van der Waals surface area contributed by atoms with Crippen LogP contribution in [0.5, 0.6) is 0 Å². The molecule has 6 heteroatoms. The van der Waals surface area contributed by atoms with Gasteiger partial charge in [-0.15, -0.1) is 11.3 Å². The lowest BCUT2D eigenvalue weighted by molar-refractivity contribution is 0.0529. The summed E-state index contributed by atoms with van der Waals surface area (Å²) in [5, 5.41) is 3.89. The van der Waals surface area contributed by atoms with E-state index in [1.165, 1.54) is 31.1 Å². The van der Waals surface area contributed by atoms with Gasteiger partial charge < -0.3 is 15.8 Å². The number of Topliss-reactive ketones (excluding diaryl/α,β-unsaturated/α-hetero) is 1. The lowest BCUT2D eigenvalue weighted by Gasteiger charge is -2.11. The van der Waals surface area contributed by atoms with Gasteiger partial charge in [-0.2, -0.15) is 0 Å². The summed E-state index contributed by atoms with van der Waals surface area (Å²) in [6, 6.07) is 0. The van der Waals surface area contributed by atoms with Crippen LogP contribution in [0.2, 0.25) is 0 Å². The van der Waals surface area contributed by atoms with E-state index < -0.39 is 5.97 Å². The summed E-state index contributed by atoms with van der Waals surface area (Å²) in [6.45, 7) is 6.43. The molecule has 1 aromatic heterocycles. The number of nitrogens with two attached hydrogens (primary N) is 1. The van der Waals surface area contributed by atoms with E-state index in [2.05, 4.69) is 12.2 Å². The van der Waals surface area contributed by atoms with E-state index in [0.29, 0.717) is 20.9 Å². The molecule has 1 aliphatic rings. The van der Waals surface area contributed by atoms with Crippen LogP contribution in [-0.2, 0) is 4.74 Å². The molecule has 3 N–H and O–H groups in total. The van der Waals surface area contributed by atoms with Crippen LogP contribution in [0.1, 0.15) is 53.6 Å². The van der Waals surface area contributed by atoms with Crippen molar-refractivity contribution in [3.63, 3.8) is 0 Å². The summed E-state index contributed by atoms with van der Waals surface area (Å²) < 4.78 is 5.03. The van der Waals surface area contributed by atoms with Gasteiger partial charge >= 0.3 is 5.97 Å². The maximum atomic E-state index is 12.0. The van der Waals surface area contributed by atoms with Crippen molar-refractivity contribution in [2.45, 2.75) is 33.6 Å². The minimum Gasteiger partial charge on any atom is -0.462 e. The third kappa shape index (κ3) is 2.95. The summed E-state index contributed by atoms with van der Waals surface area (Å²) >= 11 is 1.23. The Labute approximate surface area is 122 Å². The quantitative estimate of drug-likeness (QED) is 0.623. The smallest absolute Gasteiger partial charge is 0.343 e. The summed E-state index contributed by atoms with van der Waals surface area (Å²) in [5.74, 6) is -0.610. The Bertz CT molecular complexity index is 547. The van der Waals surface area contributed by atoms with Gasteiger partial charge in [-0.05, 0) is 25.2 Å². The molecule has 1 heterocycles. The van der Waals surface area contributed by atoms with E-state index >= 15 is 0 Å². The molecule has 5 nitrogen and oxygen atoms in total. The van der Waals surface area contributed by atoms with Crippen LogP contribution < -0.4 is 11.1 Å². The van der Waals surface area contributed by atoms with Gasteiger partial charge in [0.2, 0.25) is 0 Å². The number of carbonyl (C=O) groups is 2. The number of ketones is 1. The first-order valence-electron chi connectivity index (χ1n) is 6.72. The zero-order chi connectivity index (χ0) is 14.9. The number of rotatable bonds is 6. The molecule has 1 saturated carbocycles. The lowest BCUT2D eigenvalue weighted by atomic mass is 10.1. The molecule has 1 aromatic rings. The van der Waals surface area contributed by atoms with Gasteiger partial charge in [0, 0.05) is 13.5 Å².